The topological polar surface area (TPSA) is 32.7 Å². The maximum Gasteiger partial charge on any atom is 0.122 e. The molecule has 0 aliphatic carbocycles. The molecule has 1 N–H and O–H groups in total. The number of aliphatic hydroxyl groups excluding tert-OH is 1. The molecule has 3 nitrogen and oxygen atoms in total. The van der Waals surface area contributed by atoms with Crippen LogP contribution in [0.4, 0.5) is 0 Å². The molecule has 0 aromatic heterocycles. The Morgan fingerprint density at radius 3 is 2.68 bits per heavy atom. The number of piperidine rings is 1. The van der Waals surface area contributed by atoms with Gasteiger partial charge in [-0.3, -0.25) is 0 Å². The van der Waals surface area contributed by atoms with Gasteiger partial charge in [-0.15, -0.1) is 6.58 Å². The fraction of sp³-hybridized carbons (Fsp3) is 0.579. The monoisotopic (exact) mass is 303 g/mol. The molecule has 3 heteroatoms. The van der Waals surface area contributed by atoms with Crippen LogP contribution in [0.3, 0.4) is 0 Å². The van der Waals surface area contributed by atoms with Gasteiger partial charge < -0.3 is 14.7 Å². The third-order valence-electron chi connectivity index (χ3n) is 4.18. The fourth-order valence-electron chi connectivity index (χ4n) is 3.45. The molecule has 22 heavy (non-hydrogen) atoms. The molecule has 0 bridgehead atoms. The molecule has 0 spiro atoms. The van der Waals surface area contributed by atoms with Gasteiger partial charge in [0.1, 0.15) is 18.5 Å². The van der Waals surface area contributed by atoms with Gasteiger partial charge in [-0.1, -0.05) is 38.1 Å². The Hall–Kier alpha value is -1.32. The van der Waals surface area contributed by atoms with Crippen LogP contribution in [0, 0.1) is 11.8 Å². The normalized spacial score (nSPS) is 24.0. The van der Waals surface area contributed by atoms with E-state index < -0.39 is 6.10 Å². The van der Waals surface area contributed by atoms with Gasteiger partial charge in [0.15, 0.2) is 0 Å². The Balaban J connectivity index is 1.82. The summed E-state index contributed by atoms with van der Waals surface area (Å²) in [5, 5.41) is 10.3. The number of hydrogen-bond acceptors (Lipinski definition) is 3. The Morgan fingerprint density at radius 1 is 1.32 bits per heavy atom. The minimum absolute atomic E-state index is 0.341. The van der Waals surface area contributed by atoms with Crippen LogP contribution < -0.4 is 4.74 Å². The van der Waals surface area contributed by atoms with Crippen molar-refractivity contribution in [1.82, 2.24) is 4.90 Å². The smallest absolute Gasteiger partial charge is 0.122 e. The summed E-state index contributed by atoms with van der Waals surface area (Å²) in [6.07, 6.45) is 3.50. The Morgan fingerprint density at radius 2 is 2.00 bits per heavy atom. The van der Waals surface area contributed by atoms with E-state index >= 15 is 0 Å². The van der Waals surface area contributed by atoms with E-state index in [1.54, 1.807) is 0 Å². The lowest BCUT2D eigenvalue weighted by atomic mass is 9.92. The number of β-amino-alcohol motifs (C(OH)–C–C–N with tert-alkyl or cyclic N) is 1. The first-order valence-corrected chi connectivity index (χ1v) is 8.30. The van der Waals surface area contributed by atoms with Crippen LogP contribution in [0.2, 0.25) is 0 Å². The number of ether oxygens (including phenoxy) is 1. The van der Waals surface area contributed by atoms with Crippen molar-refractivity contribution in [3.8, 4) is 5.75 Å². The Kier molecular flexibility index (Phi) is 6.47. The third kappa shape index (κ3) is 5.15. The molecule has 2 rings (SSSR count). The lowest BCUT2D eigenvalue weighted by Gasteiger charge is -2.35. The van der Waals surface area contributed by atoms with Crippen LogP contribution in [0.25, 0.3) is 0 Å². The van der Waals surface area contributed by atoms with Gasteiger partial charge in [0, 0.05) is 19.6 Å². The first-order chi connectivity index (χ1) is 10.6. The van der Waals surface area contributed by atoms with E-state index in [0.29, 0.717) is 25.0 Å². The number of benzene rings is 1. The molecule has 1 heterocycles. The van der Waals surface area contributed by atoms with Crippen LogP contribution >= 0.6 is 0 Å². The summed E-state index contributed by atoms with van der Waals surface area (Å²) in [7, 11) is 0. The van der Waals surface area contributed by atoms with Gasteiger partial charge in [-0.25, -0.2) is 0 Å². The van der Waals surface area contributed by atoms with E-state index in [9.17, 15) is 5.11 Å². The van der Waals surface area contributed by atoms with Gasteiger partial charge in [-0.2, -0.15) is 0 Å². The van der Waals surface area contributed by atoms with Crippen LogP contribution in [-0.4, -0.2) is 42.4 Å². The van der Waals surface area contributed by atoms with Crippen LogP contribution in [0.15, 0.2) is 36.9 Å². The molecule has 0 amide bonds. The van der Waals surface area contributed by atoms with E-state index in [2.05, 4.69) is 25.3 Å². The molecule has 3 atom stereocenters. The Bertz CT molecular complexity index is 464. The SMILES string of the molecule is C=CCc1ccccc1OC[C@H](O)CN1C[C@H](C)C[C@H](C)C1. The molecule has 0 saturated carbocycles. The molecule has 1 aliphatic heterocycles. The van der Waals surface area contributed by atoms with Gasteiger partial charge >= 0.3 is 0 Å². The van der Waals surface area contributed by atoms with Crippen molar-refractivity contribution in [2.45, 2.75) is 32.8 Å². The number of hydrogen-bond donors (Lipinski definition) is 1. The highest BCUT2D eigenvalue weighted by molar-refractivity contribution is 5.34. The van der Waals surface area contributed by atoms with Crippen molar-refractivity contribution in [3.63, 3.8) is 0 Å². The number of rotatable bonds is 7. The van der Waals surface area contributed by atoms with Crippen molar-refractivity contribution < 1.29 is 9.84 Å². The highest BCUT2D eigenvalue weighted by Crippen LogP contribution is 2.22. The molecule has 1 saturated heterocycles. The van der Waals surface area contributed by atoms with Crippen molar-refractivity contribution in [3.05, 3.63) is 42.5 Å². The minimum Gasteiger partial charge on any atom is -0.491 e. The molecule has 122 valence electrons. The van der Waals surface area contributed by atoms with Gasteiger partial charge in [0.2, 0.25) is 0 Å². The molecule has 0 unspecified atom stereocenters. The van der Waals surface area contributed by atoms with Crippen molar-refractivity contribution >= 4 is 0 Å². The summed E-state index contributed by atoms with van der Waals surface area (Å²) in [4.78, 5) is 2.36. The first-order valence-electron chi connectivity index (χ1n) is 8.30. The van der Waals surface area contributed by atoms with Crippen molar-refractivity contribution in [2.24, 2.45) is 11.8 Å². The zero-order chi connectivity index (χ0) is 15.9. The largest absolute Gasteiger partial charge is 0.491 e. The number of nitrogens with zero attached hydrogens (tertiary/aromatic N) is 1. The molecule has 0 radical (unpaired) electrons. The maximum atomic E-state index is 10.3. The molecular weight excluding hydrogens is 274 g/mol. The summed E-state index contributed by atoms with van der Waals surface area (Å²) < 4.78 is 5.82. The second kappa shape index (κ2) is 8.35. The molecule has 1 aromatic carbocycles. The van der Waals surface area contributed by atoms with Crippen LogP contribution in [-0.2, 0) is 6.42 Å². The zero-order valence-corrected chi connectivity index (χ0v) is 13.9. The van der Waals surface area contributed by atoms with Crippen molar-refractivity contribution in [2.75, 3.05) is 26.2 Å². The van der Waals surface area contributed by atoms with Gasteiger partial charge in [0.05, 0.1) is 0 Å². The highest BCUT2D eigenvalue weighted by Gasteiger charge is 2.23. The van der Waals surface area contributed by atoms with E-state index in [1.165, 1.54) is 6.42 Å². The van der Waals surface area contributed by atoms with Gasteiger partial charge in [-0.05, 0) is 36.3 Å². The fourth-order valence-corrected chi connectivity index (χ4v) is 3.45. The molecular formula is C19H29NO2. The predicted octanol–water partition coefficient (Wildman–Crippen LogP) is 3.13. The number of allylic oxidation sites excluding steroid dienone is 1. The maximum absolute atomic E-state index is 10.3. The number of likely N-dealkylation sites (tertiary alicyclic amines) is 1. The minimum atomic E-state index is -0.450. The van der Waals surface area contributed by atoms with E-state index in [-0.39, 0.29) is 0 Å². The van der Waals surface area contributed by atoms with Crippen molar-refractivity contribution in [1.29, 1.82) is 0 Å². The highest BCUT2D eigenvalue weighted by atomic mass is 16.5. The summed E-state index contributed by atoms with van der Waals surface area (Å²) in [5.41, 5.74) is 1.12. The molecule has 1 aliphatic rings. The Labute approximate surface area is 134 Å². The quantitative estimate of drug-likeness (QED) is 0.786. The number of para-hydroxylation sites is 1. The average Bonchev–Trinajstić information content (AvgIpc) is 2.45. The molecule has 1 aromatic rings. The first kappa shape index (κ1) is 17.0. The van der Waals surface area contributed by atoms with Gasteiger partial charge in [0.25, 0.3) is 0 Å². The second-order valence-corrected chi connectivity index (χ2v) is 6.73. The third-order valence-corrected chi connectivity index (χ3v) is 4.18. The van der Waals surface area contributed by atoms with E-state index in [1.807, 2.05) is 30.3 Å². The van der Waals surface area contributed by atoms with Crippen LogP contribution in [0.5, 0.6) is 5.75 Å². The second-order valence-electron chi connectivity index (χ2n) is 6.73. The lowest BCUT2D eigenvalue weighted by molar-refractivity contribution is 0.0427. The summed E-state index contributed by atoms with van der Waals surface area (Å²) in [6, 6.07) is 7.95. The standard InChI is InChI=1S/C19H29NO2/c1-4-7-17-8-5-6-9-19(17)22-14-18(21)13-20-11-15(2)10-16(3)12-20/h4-6,8-9,15-16,18,21H,1,7,10-14H2,2-3H3/t15-,16+,18-/m1/s1. The predicted molar refractivity (Wildman–Crippen MR) is 91.2 cm³/mol. The summed E-state index contributed by atoms with van der Waals surface area (Å²) >= 11 is 0. The molecule has 1 fully saturated rings. The zero-order valence-electron chi connectivity index (χ0n) is 13.9. The average molecular weight is 303 g/mol. The van der Waals surface area contributed by atoms with E-state index in [0.717, 1.165) is 30.8 Å². The summed E-state index contributed by atoms with van der Waals surface area (Å²) in [6.45, 7) is 11.5. The number of aliphatic hydroxyl groups is 1. The van der Waals surface area contributed by atoms with Crippen LogP contribution in [0.1, 0.15) is 25.8 Å². The summed E-state index contributed by atoms with van der Waals surface area (Å²) in [5.74, 6) is 2.28. The lowest BCUT2D eigenvalue weighted by Crippen LogP contribution is -2.44. The van der Waals surface area contributed by atoms with E-state index in [4.69, 9.17) is 4.74 Å².